The molecule has 0 atom stereocenters. The number of unbranched alkanes of at least 4 members (excludes halogenated alkanes) is 3. The van der Waals surface area contributed by atoms with Crippen LogP contribution in [-0.2, 0) is 4.79 Å². The maximum atomic E-state index is 11.8. The molecule has 0 unspecified atom stereocenters. The Morgan fingerprint density at radius 2 is 1.06 bits per heavy atom. The second kappa shape index (κ2) is 10.1. The maximum absolute atomic E-state index is 11.8. The highest BCUT2D eigenvalue weighted by Crippen LogP contribution is 2.32. The third-order valence-electron chi connectivity index (χ3n) is 7.24. The first-order chi connectivity index (χ1) is 14.1. The zero-order valence-electron chi connectivity index (χ0n) is 22.1. The largest absolute Gasteiger partial charge is 0.342 e. The fraction of sp³-hybridized carbons (Fsp3) is 0.962. The number of rotatable bonds is 10. The van der Waals surface area contributed by atoms with E-state index in [4.69, 9.17) is 0 Å². The molecule has 0 bridgehead atoms. The molecule has 0 radical (unpaired) electrons. The predicted molar refractivity (Wildman–Crippen MR) is 132 cm³/mol. The first-order valence-corrected chi connectivity index (χ1v) is 12.6. The molecule has 31 heavy (non-hydrogen) atoms. The third-order valence-corrected chi connectivity index (χ3v) is 7.24. The lowest BCUT2D eigenvalue weighted by Crippen LogP contribution is -2.62. The van der Waals surface area contributed by atoms with E-state index in [1.165, 1.54) is 38.6 Å². The van der Waals surface area contributed by atoms with Crippen LogP contribution in [0.15, 0.2) is 0 Å². The minimum atomic E-state index is 0.0794. The molecule has 5 nitrogen and oxygen atoms in total. The van der Waals surface area contributed by atoms with Gasteiger partial charge in [-0.1, -0.05) is 12.8 Å². The Labute approximate surface area is 193 Å². The van der Waals surface area contributed by atoms with Crippen LogP contribution in [0, 0.1) is 0 Å². The molecular weight excluding hydrogens is 384 g/mol. The Balaban J connectivity index is 1.70. The Hall–Kier alpha value is -0.650. The number of nitrogens with one attached hydrogen (secondary N) is 2. The van der Waals surface area contributed by atoms with Crippen molar-refractivity contribution in [3.05, 3.63) is 0 Å². The number of hydrogen-bond donors (Lipinski definition) is 2. The number of carbonyl (C=O) groups excluding carboxylic acids is 1. The van der Waals surface area contributed by atoms with Crippen LogP contribution in [0.2, 0.25) is 0 Å². The molecule has 2 aliphatic heterocycles. The van der Waals surface area contributed by atoms with Crippen LogP contribution in [0.5, 0.6) is 0 Å². The van der Waals surface area contributed by atoms with Gasteiger partial charge in [0.05, 0.1) is 0 Å². The molecule has 182 valence electrons. The van der Waals surface area contributed by atoms with Crippen molar-refractivity contribution >= 4 is 6.41 Å². The molecule has 2 heterocycles. The van der Waals surface area contributed by atoms with E-state index >= 15 is 0 Å². The van der Waals surface area contributed by atoms with Crippen LogP contribution in [0.25, 0.3) is 0 Å². The lowest BCUT2D eigenvalue weighted by atomic mass is 9.79. The summed E-state index contributed by atoms with van der Waals surface area (Å²) in [5.74, 6) is 0. The van der Waals surface area contributed by atoms with Crippen LogP contribution >= 0.6 is 0 Å². The van der Waals surface area contributed by atoms with E-state index in [0.717, 1.165) is 32.2 Å². The highest BCUT2D eigenvalue weighted by Gasteiger charge is 2.40. The number of nitrogens with zero attached hydrogens (tertiary/aromatic N) is 2. The molecule has 1 amide bonds. The second-order valence-electron chi connectivity index (χ2n) is 13.1. The molecule has 5 heteroatoms. The van der Waals surface area contributed by atoms with Gasteiger partial charge in [-0.15, -0.1) is 0 Å². The van der Waals surface area contributed by atoms with Crippen LogP contribution in [-0.4, -0.2) is 70.6 Å². The molecule has 0 aromatic heterocycles. The van der Waals surface area contributed by atoms with Gasteiger partial charge in [-0.25, -0.2) is 0 Å². The number of piperidine rings is 2. The van der Waals surface area contributed by atoms with Crippen molar-refractivity contribution in [2.75, 3.05) is 20.1 Å². The van der Waals surface area contributed by atoms with E-state index in [2.05, 4.69) is 82.9 Å². The normalized spacial score (nSPS) is 25.5. The van der Waals surface area contributed by atoms with Gasteiger partial charge in [0.1, 0.15) is 0 Å². The average molecular weight is 437 g/mol. The van der Waals surface area contributed by atoms with E-state index < -0.39 is 0 Å². The van der Waals surface area contributed by atoms with Gasteiger partial charge < -0.3 is 20.4 Å². The zero-order chi connectivity index (χ0) is 23.5. The first kappa shape index (κ1) is 26.6. The zero-order valence-corrected chi connectivity index (χ0v) is 22.1. The molecule has 0 saturated carbocycles. The van der Waals surface area contributed by atoms with Crippen molar-refractivity contribution in [2.24, 2.45) is 0 Å². The first-order valence-electron chi connectivity index (χ1n) is 12.6. The number of carbonyl (C=O) groups is 1. The van der Waals surface area contributed by atoms with Crippen molar-refractivity contribution < 1.29 is 4.79 Å². The van der Waals surface area contributed by atoms with Crippen LogP contribution in [0.1, 0.15) is 107 Å². The van der Waals surface area contributed by atoms with Gasteiger partial charge in [0.2, 0.25) is 6.41 Å². The van der Waals surface area contributed by atoms with Crippen molar-refractivity contribution in [3.8, 4) is 0 Å². The predicted octanol–water partition coefficient (Wildman–Crippen LogP) is 4.56. The standard InChI is InChI=1S/C26H52N4O/c1-23(2)16-21(17-24(3,4)27-23)29(9)14-12-10-11-13-15-30(20-31)22-18-25(5,6)28-26(7,8)19-22/h20-22,27-28H,10-19H2,1-9H3. The monoisotopic (exact) mass is 436 g/mol. The van der Waals surface area contributed by atoms with E-state index in [9.17, 15) is 4.79 Å². The van der Waals surface area contributed by atoms with Gasteiger partial charge in [-0.3, -0.25) is 4.79 Å². The molecule has 0 aliphatic carbocycles. The van der Waals surface area contributed by atoms with Crippen molar-refractivity contribution in [1.82, 2.24) is 20.4 Å². The van der Waals surface area contributed by atoms with Crippen LogP contribution < -0.4 is 10.6 Å². The van der Waals surface area contributed by atoms with Crippen LogP contribution in [0.4, 0.5) is 0 Å². The van der Waals surface area contributed by atoms with Gasteiger partial charge in [-0.05, 0) is 108 Å². The summed E-state index contributed by atoms with van der Waals surface area (Å²) in [4.78, 5) is 16.5. The Morgan fingerprint density at radius 1 is 0.677 bits per heavy atom. The SMILES string of the molecule is CN(CCCCCCN(C=O)C1CC(C)(C)NC(C)(C)C1)C1CC(C)(C)NC(C)(C)C1. The molecule has 2 saturated heterocycles. The molecular formula is C26H52N4O. The van der Waals surface area contributed by atoms with Gasteiger partial charge in [0, 0.05) is 40.8 Å². The second-order valence-corrected chi connectivity index (χ2v) is 13.1. The summed E-state index contributed by atoms with van der Waals surface area (Å²) in [5.41, 5.74) is 0.569. The summed E-state index contributed by atoms with van der Waals surface area (Å²) in [6.07, 6.45) is 10.4. The maximum Gasteiger partial charge on any atom is 0.209 e. The topological polar surface area (TPSA) is 47.6 Å². The minimum Gasteiger partial charge on any atom is -0.342 e. The number of amides is 1. The quantitative estimate of drug-likeness (QED) is 0.389. The molecule has 0 spiro atoms. The van der Waals surface area contributed by atoms with E-state index in [1.807, 2.05) is 0 Å². The summed E-state index contributed by atoms with van der Waals surface area (Å²) in [6, 6.07) is 1.00. The van der Waals surface area contributed by atoms with Crippen molar-refractivity contribution in [2.45, 2.75) is 141 Å². The Morgan fingerprint density at radius 3 is 1.48 bits per heavy atom. The molecule has 2 fully saturated rings. The van der Waals surface area contributed by atoms with Crippen molar-refractivity contribution in [3.63, 3.8) is 0 Å². The fourth-order valence-electron chi connectivity index (χ4n) is 6.60. The van der Waals surface area contributed by atoms with Gasteiger partial charge >= 0.3 is 0 Å². The van der Waals surface area contributed by atoms with Crippen LogP contribution in [0.3, 0.4) is 0 Å². The highest BCUT2D eigenvalue weighted by atomic mass is 16.1. The summed E-state index contributed by atoms with van der Waals surface area (Å²) >= 11 is 0. The Bertz CT molecular complexity index is 552. The highest BCUT2D eigenvalue weighted by molar-refractivity contribution is 5.48. The molecule has 0 aromatic carbocycles. The average Bonchev–Trinajstić information content (AvgIpc) is 2.55. The van der Waals surface area contributed by atoms with Gasteiger partial charge in [-0.2, -0.15) is 0 Å². The molecule has 2 rings (SSSR count). The third kappa shape index (κ3) is 8.66. The lowest BCUT2D eigenvalue weighted by Gasteiger charge is -2.49. The minimum absolute atomic E-state index is 0.0794. The summed E-state index contributed by atoms with van der Waals surface area (Å²) in [5, 5.41) is 7.51. The smallest absolute Gasteiger partial charge is 0.209 e. The van der Waals surface area contributed by atoms with E-state index in [-0.39, 0.29) is 22.2 Å². The molecule has 2 aliphatic rings. The molecule has 2 N–H and O–H groups in total. The van der Waals surface area contributed by atoms with Gasteiger partial charge in [0.25, 0.3) is 0 Å². The number of hydrogen-bond acceptors (Lipinski definition) is 4. The van der Waals surface area contributed by atoms with E-state index in [1.54, 1.807) is 0 Å². The van der Waals surface area contributed by atoms with E-state index in [0.29, 0.717) is 12.1 Å². The fourth-order valence-corrected chi connectivity index (χ4v) is 6.60. The van der Waals surface area contributed by atoms with Crippen molar-refractivity contribution in [1.29, 1.82) is 0 Å². The summed E-state index contributed by atoms with van der Waals surface area (Å²) in [6.45, 7) is 20.4. The Kier molecular flexibility index (Phi) is 8.66. The lowest BCUT2D eigenvalue weighted by molar-refractivity contribution is -0.122. The summed E-state index contributed by atoms with van der Waals surface area (Å²) < 4.78 is 0. The summed E-state index contributed by atoms with van der Waals surface area (Å²) in [7, 11) is 2.30. The van der Waals surface area contributed by atoms with Gasteiger partial charge in [0.15, 0.2) is 0 Å². The molecule has 0 aromatic rings.